The van der Waals surface area contributed by atoms with Crippen LogP contribution in [0.1, 0.15) is 183 Å². The van der Waals surface area contributed by atoms with E-state index in [1.54, 1.807) is 27.7 Å². The highest BCUT2D eigenvalue weighted by Gasteiger charge is 2.66. The van der Waals surface area contributed by atoms with Crippen LogP contribution in [0, 0.1) is 69.0 Å². The minimum Gasteiger partial charge on any atom is -0.743 e. The molecule has 0 spiro atoms. The SMILES string of the molecule is CCC(C)(C)C(=O)OC12CC3CC(CC(COC(=O)C(F)(F)S(=O)(=O)[O-])(C3)C1)C2.CCC(C)C(=O)OC12CC3CC(C1)CC(C(=O)OCC(F)(F)S(=O)(=O)[O-])(C3)C2.CCC(C)C(=O)OC12CC3CC(CC(COC(=O)C(F)(F)S(=O)(=O)[O-])(C3)C1)C2.c1ccc([S+]2c3ccccc3Oc3ccccc32)cc1.c1ccc([S+]2c3ccccc3Oc3ccccc32)cc1.c1ccc([S+]2c3ccccc3Oc3ccccc32)cc1. The molecule has 8 atom stereocenters. The molecule has 12 saturated carbocycles. The maximum Gasteiger partial charge on any atom is 0.428 e. The van der Waals surface area contributed by atoms with E-state index in [0.29, 0.717) is 109 Å². The van der Waals surface area contributed by atoms with E-state index in [9.17, 15) is 94.0 Å². The first kappa shape index (κ1) is 107. The van der Waals surface area contributed by atoms with Crippen LogP contribution in [0.15, 0.2) is 281 Å². The van der Waals surface area contributed by atoms with Gasteiger partial charge >= 0.3 is 51.6 Å². The number of esters is 6. The molecule has 12 aliphatic carbocycles. The fourth-order valence-corrected chi connectivity index (χ4v) is 31.2. The Bertz CT molecular complexity index is 6150. The zero-order valence-corrected chi connectivity index (χ0v) is 86.0. The van der Waals surface area contributed by atoms with Crippen molar-refractivity contribution in [1.82, 2.24) is 0 Å². The Balaban J connectivity index is 0.000000125. The van der Waals surface area contributed by atoms with Gasteiger partial charge in [-0.2, -0.15) is 26.3 Å². The van der Waals surface area contributed by atoms with Crippen molar-refractivity contribution in [2.45, 2.75) is 260 Å². The van der Waals surface area contributed by atoms with Gasteiger partial charge in [0.05, 0.1) is 35.9 Å². The summed E-state index contributed by atoms with van der Waals surface area (Å²) in [6, 6.07) is 81.9. The zero-order valence-electron chi connectivity index (χ0n) is 81.1. The summed E-state index contributed by atoms with van der Waals surface area (Å²) in [7, 11) is -18.5. The Kier molecular flexibility index (Phi) is 31.3. The summed E-state index contributed by atoms with van der Waals surface area (Å²) < 4.78 is 226. The van der Waals surface area contributed by atoms with Crippen LogP contribution in [-0.4, -0.2) is 127 Å². The van der Waals surface area contributed by atoms with Gasteiger partial charge in [-0.3, -0.25) is 19.2 Å². The first-order chi connectivity index (χ1) is 68.6. The van der Waals surface area contributed by atoms with Gasteiger partial charge in [0.2, 0.25) is 29.4 Å². The highest BCUT2D eigenvalue weighted by atomic mass is 32.2. The molecule has 3 heterocycles. The van der Waals surface area contributed by atoms with Crippen molar-refractivity contribution in [1.29, 1.82) is 0 Å². The third-order valence-corrected chi connectivity index (χ3v) is 39.3. The molecular formula is C109H116F6O24S6. The number of carbonyl (C=O) groups is 6. The average molecular weight is 2120 g/mol. The Labute approximate surface area is 849 Å². The number of halogens is 6. The molecule has 0 N–H and O–H groups in total. The summed E-state index contributed by atoms with van der Waals surface area (Å²) in [5, 5.41) is -14.9. The van der Waals surface area contributed by atoms with E-state index in [0.717, 1.165) is 53.8 Å². The van der Waals surface area contributed by atoms with Crippen molar-refractivity contribution in [3.05, 3.63) is 237 Å². The Morgan fingerprint density at radius 1 is 0.359 bits per heavy atom. The van der Waals surface area contributed by atoms with Crippen LogP contribution in [0.5, 0.6) is 34.5 Å². The molecule has 0 saturated heterocycles. The normalized spacial score (nSPS) is 26.0. The molecule has 9 aromatic rings. The number of rotatable bonds is 24. The molecule has 36 heteroatoms. The molecule has 9 aromatic carbocycles. The molecule has 24 rings (SSSR count). The lowest BCUT2D eigenvalue weighted by atomic mass is 9.48. The van der Waals surface area contributed by atoms with E-state index in [1.807, 2.05) is 93.6 Å². The number of alkyl halides is 6. The summed E-state index contributed by atoms with van der Waals surface area (Å²) in [6.45, 7) is 10.2. The van der Waals surface area contributed by atoms with Crippen LogP contribution in [0.4, 0.5) is 26.3 Å². The second-order valence-corrected chi connectivity index (χ2v) is 51.6. The third-order valence-electron chi connectivity index (χ3n) is 30.0. The highest BCUT2D eigenvalue weighted by molar-refractivity contribution is 7.98. The monoisotopic (exact) mass is 2110 g/mol. The van der Waals surface area contributed by atoms with Gasteiger partial charge in [-0.1, -0.05) is 162 Å². The Morgan fingerprint density at radius 3 is 0.890 bits per heavy atom. The summed E-state index contributed by atoms with van der Waals surface area (Å²) >= 11 is 0. The molecule has 3 aliphatic heterocycles. The topological polar surface area (TPSA) is 357 Å². The lowest BCUT2D eigenvalue weighted by Gasteiger charge is -2.61. The van der Waals surface area contributed by atoms with E-state index >= 15 is 0 Å². The number of para-hydroxylation sites is 6. The largest absolute Gasteiger partial charge is 0.743 e. The van der Waals surface area contributed by atoms with Gasteiger partial charge in [0, 0.05) is 17.3 Å². The average Bonchev–Trinajstić information content (AvgIpc) is 0.718. The second-order valence-electron chi connectivity index (χ2n) is 41.4. The van der Waals surface area contributed by atoms with Crippen LogP contribution >= 0.6 is 0 Å². The predicted molar refractivity (Wildman–Crippen MR) is 522 cm³/mol. The Hall–Kier alpha value is -10.4. The standard InChI is InChI=1S/C19H28F2O7S.2C18H26F2O7S.3C18H13OS/c1-4-16(2,3)14(22)28-18-8-12-5-13(9-18)7-17(6-12,10-18)11-27-15(23)19(20,21)29(24,25)26;1-3-11(2)14(21)27-17-7-12-4-13(8-17)6-16(5-12,9-17)15(22)26-10-18(19,20)28(23,24)25;1-3-11(2)14(21)27-17-7-12-4-13(8-17)6-16(5-12,9-17)10-26-15(22)18(19,20)28(23,24)25;3*1-2-8-14(9-3-1)20-17-12-6-4-10-15(17)19-16-11-5-7-13-18(16)20/h12-13H,4-11H2,1-3H3,(H,24,25,26);2*11-13H,3-10H2,1-2H3,(H,23,24,25);3*1-13H/q;;;3*+1/p-3. The minimum absolute atomic E-state index is 0.0829. The lowest BCUT2D eigenvalue weighted by Crippen LogP contribution is -2.60. The van der Waals surface area contributed by atoms with Gasteiger partial charge in [-0.15, -0.1) is 0 Å². The van der Waals surface area contributed by atoms with E-state index in [2.05, 4.69) is 178 Å². The summed E-state index contributed by atoms with van der Waals surface area (Å²) in [5.74, 6) is -0.140. The van der Waals surface area contributed by atoms with Crippen molar-refractivity contribution < 1.29 is 137 Å². The molecule has 145 heavy (non-hydrogen) atoms. The summed E-state index contributed by atoms with van der Waals surface area (Å²) in [4.78, 5) is 84.8. The Morgan fingerprint density at radius 2 is 0.621 bits per heavy atom. The number of carbonyl (C=O) groups excluding carboxylic acids is 6. The van der Waals surface area contributed by atoms with E-state index in [1.165, 1.54) is 44.1 Å². The van der Waals surface area contributed by atoms with Gasteiger partial charge in [0.25, 0.3) is 0 Å². The number of fused-ring (bicyclic) bond motifs is 6. The van der Waals surface area contributed by atoms with Crippen LogP contribution in [-0.2, 0) is 120 Å². The number of ether oxygens (including phenoxy) is 9. The number of hydrogen-bond acceptors (Lipinski definition) is 24. The maximum absolute atomic E-state index is 13.5. The molecule has 12 fully saturated rings. The third kappa shape index (κ3) is 23.1. The number of hydrogen-bond donors (Lipinski definition) is 0. The molecule has 12 bridgehead atoms. The van der Waals surface area contributed by atoms with E-state index < -0.39 is 122 Å². The van der Waals surface area contributed by atoms with Crippen molar-refractivity contribution in [2.75, 3.05) is 19.8 Å². The quantitative estimate of drug-likeness (QED) is 0.0178. The summed E-state index contributed by atoms with van der Waals surface area (Å²) in [5.41, 5.74) is -5.23. The molecule has 0 aromatic heterocycles. The van der Waals surface area contributed by atoms with Gasteiger partial charge in [-0.05, 0) is 287 Å². The van der Waals surface area contributed by atoms with Crippen LogP contribution < -0.4 is 14.2 Å². The minimum atomic E-state index is -6.15. The molecule has 774 valence electrons. The highest BCUT2D eigenvalue weighted by Crippen LogP contribution is 2.67. The smallest absolute Gasteiger partial charge is 0.428 e. The first-order valence-electron chi connectivity index (χ1n) is 48.7. The summed E-state index contributed by atoms with van der Waals surface area (Å²) in [6.07, 6.45) is 13.0. The van der Waals surface area contributed by atoms with Crippen LogP contribution in [0.3, 0.4) is 0 Å². The van der Waals surface area contributed by atoms with E-state index in [-0.39, 0.29) is 104 Å². The van der Waals surface area contributed by atoms with Crippen molar-refractivity contribution in [3.63, 3.8) is 0 Å². The zero-order chi connectivity index (χ0) is 104. The second kappa shape index (κ2) is 42.3. The predicted octanol–water partition coefficient (Wildman–Crippen LogP) is 22.8. The number of benzene rings is 9. The van der Waals surface area contributed by atoms with Crippen LogP contribution in [0.25, 0.3) is 0 Å². The van der Waals surface area contributed by atoms with Crippen molar-refractivity contribution in [2.24, 2.45) is 69.0 Å². The van der Waals surface area contributed by atoms with Gasteiger partial charge in [-0.25, -0.2) is 34.8 Å². The molecule has 0 amide bonds. The molecule has 8 unspecified atom stereocenters. The van der Waals surface area contributed by atoms with Crippen LogP contribution in [0.2, 0.25) is 0 Å². The molecule has 0 radical (unpaired) electrons. The fourth-order valence-electron chi connectivity index (χ4n) is 23.8. The lowest BCUT2D eigenvalue weighted by molar-refractivity contribution is -0.218. The van der Waals surface area contributed by atoms with Gasteiger partial charge < -0.3 is 56.3 Å². The van der Waals surface area contributed by atoms with Gasteiger partial charge in [0.15, 0.2) is 86.1 Å². The maximum atomic E-state index is 13.5. The van der Waals surface area contributed by atoms with Crippen molar-refractivity contribution >= 4 is 98.9 Å². The molecule has 15 aliphatic rings. The van der Waals surface area contributed by atoms with Crippen molar-refractivity contribution in [3.8, 4) is 34.5 Å². The molecular weight excluding hydrogens is 2000 g/mol. The molecule has 24 nitrogen and oxygen atoms in total. The fraction of sp³-hybridized carbons (Fsp3) is 0.450. The van der Waals surface area contributed by atoms with Gasteiger partial charge in [0.1, 0.15) is 49.5 Å². The van der Waals surface area contributed by atoms with E-state index in [4.69, 9.17) is 28.4 Å². The first-order valence-corrected chi connectivity index (χ1v) is 56.6.